The highest BCUT2D eigenvalue weighted by Crippen LogP contribution is 2.18. The van der Waals surface area contributed by atoms with Gasteiger partial charge in [0.15, 0.2) is 0 Å². The summed E-state index contributed by atoms with van der Waals surface area (Å²) in [6, 6.07) is 4.71. The molecule has 0 aliphatic rings. The summed E-state index contributed by atoms with van der Waals surface area (Å²) in [5.41, 5.74) is 8.06. The molecule has 1 aromatic carbocycles. The highest BCUT2D eigenvalue weighted by Gasteiger charge is 2.20. The van der Waals surface area contributed by atoms with Gasteiger partial charge in [0.05, 0.1) is 6.04 Å². The second kappa shape index (κ2) is 8.67. The maximum atomic E-state index is 12.1. The number of carbonyl (C=O) groups is 2. The van der Waals surface area contributed by atoms with Crippen LogP contribution in [0, 0.1) is 18.8 Å². The number of carbonyl (C=O) groups excluding carboxylic acids is 2. The van der Waals surface area contributed by atoms with Crippen LogP contribution in [-0.4, -0.2) is 24.4 Å². The van der Waals surface area contributed by atoms with E-state index in [-0.39, 0.29) is 17.7 Å². The summed E-state index contributed by atoms with van der Waals surface area (Å²) in [7, 11) is 0. The van der Waals surface area contributed by atoms with Gasteiger partial charge in [-0.2, -0.15) is 0 Å². The molecule has 1 aromatic rings. The van der Waals surface area contributed by atoms with E-state index < -0.39 is 6.04 Å². The molecule has 23 heavy (non-hydrogen) atoms. The van der Waals surface area contributed by atoms with Crippen molar-refractivity contribution in [3.63, 3.8) is 0 Å². The fourth-order valence-electron chi connectivity index (χ4n) is 2.07. The minimum absolute atomic E-state index is 0.101. The molecular weight excluding hydrogens is 290 g/mol. The van der Waals surface area contributed by atoms with Crippen molar-refractivity contribution in [3.05, 3.63) is 29.3 Å². The smallest absolute Gasteiger partial charge is 0.251 e. The molecule has 0 aliphatic heterocycles. The Hall–Kier alpha value is -1.88. The third kappa shape index (κ3) is 5.67. The molecule has 2 unspecified atom stereocenters. The van der Waals surface area contributed by atoms with Gasteiger partial charge in [0.25, 0.3) is 5.91 Å². The minimum atomic E-state index is -0.534. The number of hydrogen-bond donors (Lipinski definition) is 3. The van der Waals surface area contributed by atoms with Gasteiger partial charge < -0.3 is 16.4 Å². The maximum absolute atomic E-state index is 12.1. The molecule has 0 saturated heterocycles. The molecule has 0 bridgehead atoms. The van der Waals surface area contributed by atoms with Gasteiger partial charge in [-0.3, -0.25) is 9.59 Å². The third-order valence-corrected chi connectivity index (χ3v) is 3.98. The fourth-order valence-corrected chi connectivity index (χ4v) is 2.07. The van der Waals surface area contributed by atoms with Crippen molar-refractivity contribution < 1.29 is 9.59 Å². The molecule has 2 amide bonds. The second-order valence-electron chi connectivity index (χ2n) is 6.53. The van der Waals surface area contributed by atoms with Crippen LogP contribution >= 0.6 is 0 Å². The zero-order valence-corrected chi connectivity index (χ0v) is 14.8. The molecule has 5 nitrogen and oxygen atoms in total. The minimum Gasteiger partial charge on any atom is -0.352 e. The molecule has 5 heteroatoms. The Morgan fingerprint density at radius 1 is 1.22 bits per heavy atom. The van der Waals surface area contributed by atoms with E-state index in [1.807, 2.05) is 34.6 Å². The van der Waals surface area contributed by atoms with E-state index in [4.69, 9.17) is 5.73 Å². The van der Waals surface area contributed by atoms with Crippen molar-refractivity contribution in [2.24, 2.45) is 17.6 Å². The molecule has 0 aliphatic carbocycles. The monoisotopic (exact) mass is 319 g/mol. The number of nitrogens with two attached hydrogens (primary N) is 1. The molecule has 128 valence electrons. The van der Waals surface area contributed by atoms with E-state index in [1.54, 1.807) is 18.2 Å². The van der Waals surface area contributed by atoms with Gasteiger partial charge >= 0.3 is 0 Å². The van der Waals surface area contributed by atoms with Crippen LogP contribution in [0.5, 0.6) is 0 Å². The van der Waals surface area contributed by atoms with Crippen LogP contribution in [0.3, 0.4) is 0 Å². The SMILES string of the molecule is CCC(C)C(N)C(=O)Nc1ccc(C(=O)NCC(C)C)cc1C. The standard InChI is InChI=1S/C18H29N3O2/c1-6-12(4)16(19)18(23)21-15-8-7-14(9-13(15)5)17(22)20-10-11(2)3/h7-9,11-12,16H,6,10,19H2,1-5H3,(H,20,22)(H,21,23). The Labute approximate surface area is 139 Å². The highest BCUT2D eigenvalue weighted by molar-refractivity contribution is 5.98. The number of amides is 2. The number of hydrogen-bond acceptors (Lipinski definition) is 3. The summed E-state index contributed by atoms with van der Waals surface area (Å²) in [4.78, 5) is 24.2. The molecule has 1 rings (SSSR count). The van der Waals surface area contributed by atoms with Crippen molar-refractivity contribution in [2.75, 3.05) is 11.9 Å². The normalized spacial score (nSPS) is 13.5. The highest BCUT2D eigenvalue weighted by atomic mass is 16.2. The van der Waals surface area contributed by atoms with Gasteiger partial charge in [-0.1, -0.05) is 34.1 Å². The summed E-state index contributed by atoms with van der Waals surface area (Å²) >= 11 is 0. The van der Waals surface area contributed by atoms with Gasteiger partial charge in [0.2, 0.25) is 5.91 Å². The molecule has 0 radical (unpaired) electrons. The van der Waals surface area contributed by atoms with Gasteiger partial charge in [0.1, 0.15) is 0 Å². The number of rotatable bonds is 7. The number of nitrogens with one attached hydrogen (secondary N) is 2. The van der Waals surface area contributed by atoms with E-state index in [0.717, 1.165) is 12.0 Å². The van der Waals surface area contributed by atoms with Gasteiger partial charge in [0, 0.05) is 17.8 Å². The molecule has 2 atom stereocenters. The van der Waals surface area contributed by atoms with Gasteiger partial charge in [-0.15, -0.1) is 0 Å². The van der Waals surface area contributed by atoms with Crippen molar-refractivity contribution in [1.82, 2.24) is 5.32 Å². The molecular formula is C18H29N3O2. The Kier molecular flexibility index (Phi) is 7.23. The second-order valence-corrected chi connectivity index (χ2v) is 6.53. The van der Waals surface area contributed by atoms with Gasteiger partial charge in [-0.25, -0.2) is 0 Å². The lowest BCUT2D eigenvalue weighted by Crippen LogP contribution is -2.40. The van der Waals surface area contributed by atoms with Crippen LogP contribution in [0.15, 0.2) is 18.2 Å². The molecule has 0 aromatic heterocycles. The van der Waals surface area contributed by atoms with E-state index in [9.17, 15) is 9.59 Å². The predicted octanol–water partition coefficient (Wildman–Crippen LogP) is 2.69. The lowest BCUT2D eigenvalue weighted by molar-refractivity contribution is -0.118. The summed E-state index contributed by atoms with van der Waals surface area (Å²) in [5, 5.41) is 5.73. The summed E-state index contributed by atoms with van der Waals surface area (Å²) in [6.07, 6.45) is 0.850. The van der Waals surface area contributed by atoms with E-state index in [2.05, 4.69) is 10.6 Å². The first-order chi connectivity index (χ1) is 10.8. The third-order valence-electron chi connectivity index (χ3n) is 3.98. The van der Waals surface area contributed by atoms with Crippen LogP contribution in [0.2, 0.25) is 0 Å². The number of benzene rings is 1. The molecule has 0 saturated carbocycles. The zero-order valence-electron chi connectivity index (χ0n) is 14.8. The quantitative estimate of drug-likeness (QED) is 0.722. The lowest BCUT2D eigenvalue weighted by Gasteiger charge is -2.18. The van der Waals surface area contributed by atoms with Crippen LogP contribution in [-0.2, 0) is 4.79 Å². The molecule has 0 heterocycles. The van der Waals surface area contributed by atoms with E-state index in [1.165, 1.54) is 0 Å². The Bertz CT molecular complexity index is 555. The first-order valence-electron chi connectivity index (χ1n) is 8.21. The Balaban J connectivity index is 2.77. The van der Waals surface area contributed by atoms with Crippen molar-refractivity contribution in [1.29, 1.82) is 0 Å². The molecule has 0 spiro atoms. The topological polar surface area (TPSA) is 84.2 Å². The Morgan fingerprint density at radius 2 is 1.87 bits per heavy atom. The first kappa shape index (κ1) is 19.2. The maximum Gasteiger partial charge on any atom is 0.251 e. The lowest BCUT2D eigenvalue weighted by atomic mass is 9.99. The average molecular weight is 319 g/mol. The molecule has 4 N–H and O–H groups in total. The van der Waals surface area contributed by atoms with Crippen molar-refractivity contribution in [2.45, 2.75) is 47.1 Å². The Morgan fingerprint density at radius 3 is 2.39 bits per heavy atom. The first-order valence-corrected chi connectivity index (χ1v) is 8.21. The predicted molar refractivity (Wildman–Crippen MR) is 94.4 cm³/mol. The van der Waals surface area contributed by atoms with Crippen molar-refractivity contribution >= 4 is 17.5 Å². The van der Waals surface area contributed by atoms with Crippen LogP contribution in [0.4, 0.5) is 5.69 Å². The summed E-state index contributed by atoms with van der Waals surface area (Å²) in [5.74, 6) is 0.229. The fraction of sp³-hybridized carbons (Fsp3) is 0.556. The number of anilines is 1. The van der Waals surface area contributed by atoms with Crippen LogP contribution < -0.4 is 16.4 Å². The van der Waals surface area contributed by atoms with E-state index >= 15 is 0 Å². The van der Waals surface area contributed by atoms with Gasteiger partial charge in [-0.05, 0) is 42.5 Å². The van der Waals surface area contributed by atoms with Crippen LogP contribution in [0.25, 0.3) is 0 Å². The largest absolute Gasteiger partial charge is 0.352 e. The molecule has 0 fully saturated rings. The average Bonchev–Trinajstić information content (AvgIpc) is 2.52. The number of aryl methyl sites for hydroxylation is 1. The van der Waals surface area contributed by atoms with Crippen LogP contribution in [0.1, 0.15) is 50.0 Å². The summed E-state index contributed by atoms with van der Waals surface area (Å²) < 4.78 is 0. The van der Waals surface area contributed by atoms with Crippen molar-refractivity contribution in [3.8, 4) is 0 Å². The van der Waals surface area contributed by atoms with E-state index in [0.29, 0.717) is 23.7 Å². The summed E-state index contributed by atoms with van der Waals surface area (Å²) in [6.45, 7) is 10.6. The zero-order chi connectivity index (χ0) is 17.6.